The molecule has 0 bridgehead atoms. The molecule has 0 amide bonds. The van der Waals surface area contributed by atoms with Crippen molar-refractivity contribution in [1.82, 2.24) is 4.67 Å². The molecule has 252 valence electrons. The molecule has 9 rings (SSSR count). The lowest BCUT2D eigenvalue weighted by molar-refractivity contribution is -0.0856. The van der Waals surface area contributed by atoms with Gasteiger partial charge in [-0.2, -0.15) is 0 Å². The fraction of sp³-hybridized carbons (Fsp3) is 0.545. The fourth-order valence-corrected chi connectivity index (χ4v) is 13.7. The van der Waals surface area contributed by atoms with Gasteiger partial charge in [-0.3, -0.25) is 0 Å². The average Bonchev–Trinajstić information content (AvgIpc) is 3.31. The van der Waals surface area contributed by atoms with E-state index < -0.39 is 8.53 Å². The van der Waals surface area contributed by atoms with Gasteiger partial charge in [-0.05, 0) is 121 Å². The fourth-order valence-electron chi connectivity index (χ4n) is 11.7. The third kappa shape index (κ3) is 5.56. The quantitative estimate of drug-likeness (QED) is 0.199. The SMILES string of the molecule is C[C@H](c1cccc2ccccc12)N([C@H](C)c1cccc2ccccc12)P1OC2CCC3CCCCC3C2C2C(CCC3CCCCC32)O1. The number of fused-ring (bicyclic) bond motifs is 9. The maximum atomic E-state index is 7.68. The second-order valence-electron chi connectivity index (χ2n) is 16.1. The van der Waals surface area contributed by atoms with Gasteiger partial charge in [0.25, 0.3) is 8.53 Å². The van der Waals surface area contributed by atoms with E-state index in [-0.39, 0.29) is 12.1 Å². The summed E-state index contributed by atoms with van der Waals surface area (Å²) in [6.45, 7) is 4.85. The Balaban J connectivity index is 1.16. The highest BCUT2D eigenvalue weighted by atomic mass is 31.2. The van der Waals surface area contributed by atoms with Crippen molar-refractivity contribution in [2.75, 3.05) is 0 Å². The molecule has 1 aliphatic heterocycles. The van der Waals surface area contributed by atoms with Crippen LogP contribution in [0.2, 0.25) is 0 Å². The molecule has 4 aliphatic carbocycles. The van der Waals surface area contributed by atoms with E-state index in [1.165, 1.54) is 110 Å². The summed E-state index contributed by atoms with van der Waals surface area (Å²) < 4.78 is 18.1. The van der Waals surface area contributed by atoms with Crippen LogP contribution in [0.25, 0.3) is 21.5 Å². The van der Waals surface area contributed by atoms with Gasteiger partial charge in [-0.25, -0.2) is 4.67 Å². The van der Waals surface area contributed by atoms with E-state index in [1.807, 2.05) is 0 Å². The van der Waals surface area contributed by atoms with E-state index in [0.717, 1.165) is 23.7 Å². The van der Waals surface area contributed by atoms with Crippen molar-refractivity contribution in [1.29, 1.82) is 0 Å². The van der Waals surface area contributed by atoms with Gasteiger partial charge in [0.2, 0.25) is 0 Å². The summed E-state index contributed by atoms with van der Waals surface area (Å²) in [4.78, 5) is 0. The molecule has 1 heterocycles. The van der Waals surface area contributed by atoms with Crippen molar-refractivity contribution >= 4 is 30.1 Å². The minimum Gasteiger partial charge on any atom is -0.318 e. The van der Waals surface area contributed by atoms with Crippen LogP contribution in [0, 0.1) is 35.5 Å². The summed E-state index contributed by atoms with van der Waals surface area (Å²) in [6.07, 6.45) is 17.1. The van der Waals surface area contributed by atoms with Crippen LogP contribution in [0.4, 0.5) is 0 Å². The first-order chi connectivity index (χ1) is 23.7. The van der Waals surface area contributed by atoms with Gasteiger partial charge in [-0.15, -0.1) is 0 Å². The van der Waals surface area contributed by atoms with Gasteiger partial charge < -0.3 is 9.05 Å². The predicted octanol–water partition coefficient (Wildman–Crippen LogP) is 12.6. The Labute approximate surface area is 289 Å². The van der Waals surface area contributed by atoms with E-state index in [4.69, 9.17) is 9.05 Å². The third-order valence-corrected chi connectivity index (χ3v) is 15.8. The average molecular weight is 660 g/mol. The monoisotopic (exact) mass is 659 g/mol. The Morgan fingerprint density at radius 1 is 0.521 bits per heavy atom. The van der Waals surface area contributed by atoms with Crippen molar-refractivity contribution in [2.24, 2.45) is 35.5 Å². The molecule has 4 heteroatoms. The van der Waals surface area contributed by atoms with Crippen LogP contribution >= 0.6 is 8.53 Å². The second kappa shape index (κ2) is 13.4. The minimum absolute atomic E-state index is 0.128. The first kappa shape index (κ1) is 31.7. The molecule has 0 N–H and O–H groups in total. The number of rotatable bonds is 5. The summed E-state index contributed by atoms with van der Waals surface area (Å²) in [5.74, 6) is 4.77. The number of hydrogen-bond acceptors (Lipinski definition) is 3. The first-order valence-electron chi connectivity index (χ1n) is 19.5. The summed E-state index contributed by atoms with van der Waals surface area (Å²) >= 11 is 0. The van der Waals surface area contributed by atoms with Gasteiger partial charge in [0.15, 0.2) is 0 Å². The largest absolute Gasteiger partial charge is 0.318 e. The van der Waals surface area contributed by atoms with Crippen LogP contribution in [0.3, 0.4) is 0 Å². The lowest BCUT2D eigenvalue weighted by Crippen LogP contribution is -2.51. The van der Waals surface area contributed by atoms with E-state index in [9.17, 15) is 0 Å². The minimum atomic E-state index is -1.30. The van der Waals surface area contributed by atoms with Crippen molar-refractivity contribution in [3.8, 4) is 0 Å². The van der Waals surface area contributed by atoms with Gasteiger partial charge in [0, 0.05) is 12.1 Å². The first-order valence-corrected chi connectivity index (χ1v) is 20.7. The highest BCUT2D eigenvalue weighted by molar-refractivity contribution is 7.44. The van der Waals surface area contributed by atoms with Crippen LogP contribution in [0.1, 0.15) is 114 Å². The van der Waals surface area contributed by atoms with Crippen molar-refractivity contribution < 1.29 is 9.05 Å². The Bertz CT molecular complexity index is 1600. The molecule has 5 aliphatic rings. The van der Waals surface area contributed by atoms with E-state index >= 15 is 0 Å². The normalized spacial score (nSPS) is 34.8. The zero-order valence-electron chi connectivity index (χ0n) is 29.1. The van der Waals surface area contributed by atoms with Crippen molar-refractivity contribution in [2.45, 2.75) is 115 Å². The highest BCUT2D eigenvalue weighted by Gasteiger charge is 2.56. The molecule has 0 spiro atoms. The standard InChI is InChI=1S/C44H54NO2P/c1-29(35-23-11-17-31-13-3-7-19-37(31)35)45(30(2)36-24-12-18-32-14-4-8-20-38(32)36)48-46-41-27-25-33-15-5-9-21-39(33)43(41)44-40-22-10-6-16-34(40)26-28-42(44)47-48/h3-4,7-8,11-14,17-20,23-24,29-30,33-34,39-44H,5-6,9-10,15-16,21-22,25-28H2,1-2H3/t29-,30-,33?,34?,39?,40?,41?,42?,43?,44?,48?/m1/s1. The van der Waals surface area contributed by atoms with Gasteiger partial charge in [-0.1, -0.05) is 123 Å². The Morgan fingerprint density at radius 2 is 0.958 bits per heavy atom. The lowest BCUT2D eigenvalue weighted by atomic mass is 9.53. The van der Waals surface area contributed by atoms with Crippen molar-refractivity contribution in [3.05, 3.63) is 96.1 Å². The number of benzene rings is 4. The maximum Gasteiger partial charge on any atom is 0.260 e. The molecule has 3 nitrogen and oxygen atoms in total. The van der Waals surface area contributed by atoms with E-state index in [0.29, 0.717) is 24.0 Å². The van der Waals surface area contributed by atoms with Crippen LogP contribution < -0.4 is 0 Å². The molecule has 48 heavy (non-hydrogen) atoms. The van der Waals surface area contributed by atoms with Gasteiger partial charge in [0.05, 0.1) is 12.2 Å². The molecular formula is C44H54NO2P. The summed E-state index contributed by atoms with van der Waals surface area (Å²) in [5, 5.41) is 5.30. The smallest absolute Gasteiger partial charge is 0.260 e. The zero-order chi connectivity index (χ0) is 32.2. The Hall–Kier alpha value is -2.29. The predicted molar refractivity (Wildman–Crippen MR) is 200 cm³/mol. The van der Waals surface area contributed by atoms with Crippen LogP contribution in [0.5, 0.6) is 0 Å². The van der Waals surface area contributed by atoms with Crippen molar-refractivity contribution in [3.63, 3.8) is 0 Å². The van der Waals surface area contributed by atoms with Gasteiger partial charge in [0.1, 0.15) is 0 Å². The molecule has 0 aromatic heterocycles. The molecule has 4 aromatic rings. The van der Waals surface area contributed by atoms with E-state index in [1.54, 1.807) is 0 Å². The Kier molecular flexibility index (Phi) is 8.87. The maximum absolute atomic E-state index is 7.68. The Morgan fingerprint density at radius 3 is 1.46 bits per heavy atom. The molecule has 4 aromatic carbocycles. The number of hydrogen-bond donors (Lipinski definition) is 0. The highest BCUT2D eigenvalue weighted by Crippen LogP contribution is 2.65. The molecule has 10 atom stereocenters. The molecule has 8 unspecified atom stereocenters. The molecule has 0 radical (unpaired) electrons. The molecule has 4 saturated carbocycles. The summed E-state index contributed by atoms with van der Waals surface area (Å²) in [7, 11) is -1.30. The van der Waals surface area contributed by atoms with E-state index in [2.05, 4.69) is 103 Å². The third-order valence-electron chi connectivity index (χ3n) is 13.9. The van der Waals surface area contributed by atoms with Crippen LogP contribution in [-0.2, 0) is 9.05 Å². The summed E-state index contributed by atoms with van der Waals surface area (Å²) in [6, 6.07) is 31.8. The second-order valence-corrected chi connectivity index (χ2v) is 17.5. The lowest BCUT2D eigenvalue weighted by Gasteiger charge is -2.53. The molecule has 1 saturated heterocycles. The number of nitrogens with zero attached hydrogens (tertiary/aromatic N) is 1. The summed E-state index contributed by atoms with van der Waals surface area (Å²) in [5.41, 5.74) is 2.75. The molecule has 5 fully saturated rings. The topological polar surface area (TPSA) is 21.7 Å². The molecular weight excluding hydrogens is 605 g/mol. The van der Waals surface area contributed by atoms with Crippen LogP contribution in [0.15, 0.2) is 84.9 Å². The zero-order valence-corrected chi connectivity index (χ0v) is 29.9. The van der Waals surface area contributed by atoms with Gasteiger partial charge >= 0.3 is 0 Å². The van der Waals surface area contributed by atoms with Crippen LogP contribution in [-0.4, -0.2) is 16.9 Å².